The van der Waals surface area contributed by atoms with Crippen molar-refractivity contribution in [1.82, 2.24) is 4.90 Å². The zero-order chi connectivity index (χ0) is 17.9. The second-order valence-corrected chi connectivity index (χ2v) is 6.88. The first-order valence-corrected chi connectivity index (χ1v) is 8.98. The van der Waals surface area contributed by atoms with Gasteiger partial charge in [0.2, 0.25) is 0 Å². The summed E-state index contributed by atoms with van der Waals surface area (Å²) in [4.78, 5) is 13.3. The van der Waals surface area contributed by atoms with E-state index >= 15 is 0 Å². The quantitative estimate of drug-likeness (QED) is 0.574. The number of benzene rings is 1. The fourth-order valence-corrected chi connectivity index (χ4v) is 3.91. The lowest BCUT2D eigenvalue weighted by Gasteiger charge is -2.30. The molecule has 0 bridgehead atoms. The molecule has 7 heteroatoms. The average Bonchev–Trinajstić information content (AvgIpc) is 3.35. The molecule has 1 aromatic heterocycles. The van der Waals surface area contributed by atoms with E-state index in [1.807, 2.05) is 12.1 Å². The molecule has 1 aromatic carbocycles. The molecule has 2 aromatic rings. The first kappa shape index (κ1) is 17.1. The lowest BCUT2D eigenvalue weighted by Crippen LogP contribution is -2.32. The van der Waals surface area contributed by atoms with E-state index in [-0.39, 0.29) is 17.4 Å². The predicted molar refractivity (Wildman–Crippen MR) is 93.6 cm³/mol. The number of nitrogens with zero attached hydrogens (tertiary/aromatic N) is 2. The summed E-state index contributed by atoms with van der Waals surface area (Å²) in [5, 5.41) is 11.3. The van der Waals surface area contributed by atoms with Crippen LogP contribution in [0.5, 0.6) is 5.75 Å². The Hall–Kier alpha value is -2.38. The summed E-state index contributed by atoms with van der Waals surface area (Å²) in [5.74, 6) is 1.63. The first-order valence-electron chi connectivity index (χ1n) is 8.98. The summed E-state index contributed by atoms with van der Waals surface area (Å²) in [6.45, 7) is 1.80. The van der Waals surface area contributed by atoms with Crippen LogP contribution in [-0.2, 0) is 24.4 Å². The van der Waals surface area contributed by atoms with E-state index in [0.29, 0.717) is 25.7 Å². The number of hydrogen-bond acceptors (Lipinski definition) is 6. The number of fused-ring (bicyclic) bond motifs is 1. The highest BCUT2D eigenvalue weighted by Crippen LogP contribution is 2.35. The number of furan rings is 1. The third-order valence-electron chi connectivity index (χ3n) is 5.14. The minimum absolute atomic E-state index is 0.0808. The van der Waals surface area contributed by atoms with Crippen LogP contribution in [0.2, 0.25) is 0 Å². The van der Waals surface area contributed by atoms with Gasteiger partial charge in [0.1, 0.15) is 11.5 Å². The van der Waals surface area contributed by atoms with Gasteiger partial charge in [0.25, 0.3) is 5.69 Å². The molecule has 0 N–H and O–H groups in total. The Kier molecular flexibility index (Phi) is 4.90. The van der Waals surface area contributed by atoms with Gasteiger partial charge in [-0.1, -0.05) is 12.8 Å². The van der Waals surface area contributed by atoms with Crippen LogP contribution in [0.15, 0.2) is 34.9 Å². The molecule has 0 radical (unpaired) electrons. The molecule has 1 aliphatic carbocycles. The lowest BCUT2D eigenvalue weighted by molar-refractivity contribution is -0.385. The minimum Gasteiger partial charge on any atom is -0.468 e. The molecular formula is C19H22N2O5. The molecule has 1 saturated carbocycles. The van der Waals surface area contributed by atoms with Crippen molar-refractivity contribution in [3.8, 4) is 5.75 Å². The third-order valence-corrected chi connectivity index (χ3v) is 5.14. The molecule has 0 amide bonds. The van der Waals surface area contributed by atoms with Crippen molar-refractivity contribution in [3.05, 3.63) is 57.5 Å². The van der Waals surface area contributed by atoms with Crippen LogP contribution in [-0.4, -0.2) is 22.7 Å². The largest absolute Gasteiger partial charge is 0.468 e. The van der Waals surface area contributed by atoms with E-state index < -0.39 is 0 Å². The SMILES string of the molecule is O=[N+]([O-])c1cc2c(c(CN(Cc3ccco3)C3CCCC3)c1)OCOC2. The summed E-state index contributed by atoms with van der Waals surface area (Å²) < 4.78 is 16.5. The van der Waals surface area contributed by atoms with Gasteiger partial charge in [0.15, 0.2) is 6.79 Å². The van der Waals surface area contributed by atoms with Gasteiger partial charge < -0.3 is 13.9 Å². The molecule has 0 spiro atoms. The van der Waals surface area contributed by atoms with Crippen LogP contribution in [0, 0.1) is 10.1 Å². The summed E-state index contributed by atoms with van der Waals surface area (Å²) in [7, 11) is 0. The molecule has 26 heavy (non-hydrogen) atoms. The van der Waals surface area contributed by atoms with E-state index in [4.69, 9.17) is 13.9 Å². The monoisotopic (exact) mass is 358 g/mol. The summed E-state index contributed by atoms with van der Waals surface area (Å²) in [5.41, 5.74) is 1.66. The van der Waals surface area contributed by atoms with Crippen LogP contribution < -0.4 is 4.74 Å². The second kappa shape index (κ2) is 7.47. The molecule has 2 heterocycles. The summed E-state index contributed by atoms with van der Waals surface area (Å²) in [6, 6.07) is 7.49. The molecule has 0 atom stereocenters. The second-order valence-electron chi connectivity index (χ2n) is 6.88. The molecule has 138 valence electrons. The number of nitro groups is 1. The summed E-state index contributed by atoms with van der Waals surface area (Å²) >= 11 is 0. The van der Waals surface area contributed by atoms with Crippen molar-refractivity contribution < 1.29 is 18.8 Å². The topological polar surface area (TPSA) is 78.0 Å². The van der Waals surface area contributed by atoms with Gasteiger partial charge in [0.05, 0.1) is 24.3 Å². The van der Waals surface area contributed by atoms with Crippen molar-refractivity contribution in [2.75, 3.05) is 6.79 Å². The number of nitro benzene ring substituents is 1. The fraction of sp³-hybridized carbons (Fsp3) is 0.474. The van der Waals surface area contributed by atoms with Gasteiger partial charge in [-0.25, -0.2) is 0 Å². The molecule has 2 aliphatic rings. The highest BCUT2D eigenvalue weighted by Gasteiger charge is 2.27. The average molecular weight is 358 g/mol. The standard InChI is InChI=1S/C19H22N2O5/c22-21(23)17-8-14(19-15(9-17)12-24-13-26-19)10-20(16-4-1-2-5-16)11-18-6-3-7-25-18/h3,6-9,16H,1-2,4-5,10-13H2. The first-order chi connectivity index (χ1) is 12.7. The predicted octanol–water partition coefficient (Wildman–Crippen LogP) is 4.00. The third kappa shape index (κ3) is 3.59. The van der Waals surface area contributed by atoms with Crippen molar-refractivity contribution in [1.29, 1.82) is 0 Å². The van der Waals surface area contributed by atoms with Crippen LogP contribution in [0.3, 0.4) is 0 Å². The van der Waals surface area contributed by atoms with Crippen LogP contribution in [0.4, 0.5) is 5.69 Å². The molecular weight excluding hydrogens is 336 g/mol. The van der Waals surface area contributed by atoms with Crippen molar-refractivity contribution in [3.63, 3.8) is 0 Å². The molecule has 7 nitrogen and oxygen atoms in total. The molecule has 1 fully saturated rings. The van der Waals surface area contributed by atoms with Crippen LogP contribution in [0.25, 0.3) is 0 Å². The maximum atomic E-state index is 11.3. The van der Waals surface area contributed by atoms with Crippen LogP contribution >= 0.6 is 0 Å². The van der Waals surface area contributed by atoms with Gasteiger partial charge in [-0.05, 0) is 25.0 Å². The fourth-order valence-electron chi connectivity index (χ4n) is 3.91. The smallest absolute Gasteiger partial charge is 0.270 e. The lowest BCUT2D eigenvalue weighted by atomic mass is 10.0. The number of ether oxygens (including phenoxy) is 2. The van der Waals surface area contributed by atoms with Crippen LogP contribution in [0.1, 0.15) is 42.6 Å². The zero-order valence-electron chi connectivity index (χ0n) is 14.6. The van der Waals surface area contributed by atoms with E-state index in [0.717, 1.165) is 35.5 Å². The number of rotatable bonds is 6. The Morgan fingerprint density at radius 3 is 2.81 bits per heavy atom. The maximum Gasteiger partial charge on any atom is 0.270 e. The van der Waals surface area contributed by atoms with E-state index in [1.54, 1.807) is 18.4 Å². The number of hydrogen-bond donors (Lipinski definition) is 0. The molecule has 1 aliphatic heterocycles. The molecule has 0 unspecified atom stereocenters. The maximum absolute atomic E-state index is 11.3. The van der Waals surface area contributed by atoms with Gasteiger partial charge in [-0.3, -0.25) is 15.0 Å². The Morgan fingerprint density at radius 2 is 2.08 bits per heavy atom. The van der Waals surface area contributed by atoms with E-state index in [1.165, 1.54) is 12.8 Å². The van der Waals surface area contributed by atoms with E-state index in [2.05, 4.69) is 4.90 Å². The Bertz CT molecular complexity index is 768. The highest BCUT2D eigenvalue weighted by atomic mass is 16.7. The highest BCUT2D eigenvalue weighted by molar-refractivity contribution is 5.50. The van der Waals surface area contributed by atoms with Crippen molar-refractivity contribution in [2.45, 2.75) is 51.4 Å². The van der Waals surface area contributed by atoms with Crippen molar-refractivity contribution in [2.24, 2.45) is 0 Å². The van der Waals surface area contributed by atoms with Gasteiger partial charge in [0, 0.05) is 35.8 Å². The zero-order valence-corrected chi connectivity index (χ0v) is 14.6. The minimum atomic E-state index is -0.356. The Labute approximate surface area is 151 Å². The Morgan fingerprint density at radius 1 is 1.23 bits per heavy atom. The normalized spacial score (nSPS) is 17.3. The Balaban J connectivity index is 1.65. The molecule has 4 rings (SSSR count). The van der Waals surface area contributed by atoms with Gasteiger partial charge in [-0.2, -0.15) is 0 Å². The molecule has 0 saturated heterocycles. The van der Waals surface area contributed by atoms with Gasteiger partial charge in [-0.15, -0.1) is 0 Å². The van der Waals surface area contributed by atoms with E-state index in [9.17, 15) is 10.1 Å². The van der Waals surface area contributed by atoms with Crippen molar-refractivity contribution >= 4 is 5.69 Å². The summed E-state index contributed by atoms with van der Waals surface area (Å²) in [6.07, 6.45) is 6.40. The van der Waals surface area contributed by atoms with Gasteiger partial charge >= 0.3 is 0 Å². The number of non-ortho nitro benzene ring substituents is 1.